The number of carbonyl (C=O) groups excluding carboxylic acids is 1. The van der Waals surface area contributed by atoms with E-state index in [1.807, 2.05) is 0 Å². The average Bonchev–Trinajstić information content (AvgIpc) is 2.47. The third kappa shape index (κ3) is 2.70. The number of hydrogen-bond acceptors (Lipinski definition) is 3. The fourth-order valence-electron chi connectivity index (χ4n) is 1.99. The molecule has 3 nitrogen and oxygen atoms in total. The lowest BCUT2D eigenvalue weighted by Crippen LogP contribution is -2.22. The maximum Gasteiger partial charge on any atom is 0.337 e. The topological polar surface area (TPSA) is 46.5 Å². The van der Waals surface area contributed by atoms with Crippen LogP contribution in [0.5, 0.6) is 0 Å². The molecule has 0 fully saturated rings. The minimum Gasteiger partial charge on any atom is -0.465 e. The van der Waals surface area contributed by atoms with E-state index in [9.17, 15) is 14.3 Å². The second-order valence-electron chi connectivity index (χ2n) is 4.65. The molecule has 2 aromatic carbocycles. The van der Waals surface area contributed by atoms with Gasteiger partial charge in [-0.3, -0.25) is 0 Å². The van der Waals surface area contributed by atoms with Crippen molar-refractivity contribution in [2.45, 2.75) is 12.5 Å². The summed E-state index contributed by atoms with van der Waals surface area (Å²) in [6, 6.07) is 12.1. The van der Waals surface area contributed by atoms with E-state index < -0.39 is 11.6 Å². The Balaban J connectivity index is 2.34. The van der Waals surface area contributed by atoms with E-state index in [0.29, 0.717) is 16.7 Å². The summed E-state index contributed by atoms with van der Waals surface area (Å²) in [5.41, 5.74) is 0.329. The van der Waals surface area contributed by atoms with Crippen molar-refractivity contribution >= 4 is 5.97 Å². The molecule has 2 rings (SSSR count). The van der Waals surface area contributed by atoms with E-state index in [2.05, 4.69) is 4.74 Å². The molecule has 0 bridgehead atoms. The first-order chi connectivity index (χ1) is 9.45. The highest BCUT2D eigenvalue weighted by Crippen LogP contribution is 2.29. The molecule has 0 spiro atoms. The molecule has 2 aromatic rings. The standard InChI is InChI=1S/C16H15FO3/c1-16(19,13-7-9-14(17)10-8-13)12-5-3-11(4-6-12)15(18)20-2/h3-10,19H,1-2H3. The molecule has 0 saturated heterocycles. The van der Waals surface area contributed by atoms with Crippen LogP contribution in [0.25, 0.3) is 0 Å². The summed E-state index contributed by atoms with van der Waals surface area (Å²) in [5.74, 6) is -0.788. The lowest BCUT2D eigenvalue weighted by atomic mass is 9.88. The van der Waals surface area contributed by atoms with E-state index in [0.717, 1.165) is 0 Å². The molecule has 0 aliphatic carbocycles. The van der Waals surface area contributed by atoms with Crippen LogP contribution in [0, 0.1) is 5.82 Å². The smallest absolute Gasteiger partial charge is 0.337 e. The summed E-state index contributed by atoms with van der Waals surface area (Å²) in [6.07, 6.45) is 0. The summed E-state index contributed by atoms with van der Waals surface area (Å²) >= 11 is 0. The number of rotatable bonds is 3. The summed E-state index contributed by atoms with van der Waals surface area (Å²) in [5, 5.41) is 10.6. The molecule has 0 heterocycles. The average molecular weight is 274 g/mol. The third-order valence-corrected chi connectivity index (χ3v) is 3.27. The maximum atomic E-state index is 12.9. The van der Waals surface area contributed by atoms with Gasteiger partial charge in [0.05, 0.1) is 12.7 Å². The van der Waals surface area contributed by atoms with Crippen LogP contribution in [-0.2, 0) is 10.3 Å². The van der Waals surface area contributed by atoms with E-state index in [1.165, 1.54) is 31.4 Å². The second-order valence-corrected chi connectivity index (χ2v) is 4.65. The SMILES string of the molecule is COC(=O)c1ccc(C(C)(O)c2ccc(F)cc2)cc1. The van der Waals surface area contributed by atoms with Crippen molar-refractivity contribution in [3.8, 4) is 0 Å². The molecule has 1 N–H and O–H groups in total. The van der Waals surface area contributed by atoms with Crippen molar-refractivity contribution in [2.75, 3.05) is 7.11 Å². The van der Waals surface area contributed by atoms with Crippen LogP contribution in [0.15, 0.2) is 48.5 Å². The Hall–Kier alpha value is -2.20. The van der Waals surface area contributed by atoms with E-state index >= 15 is 0 Å². The van der Waals surface area contributed by atoms with Gasteiger partial charge in [-0.2, -0.15) is 0 Å². The van der Waals surface area contributed by atoms with Crippen LogP contribution in [0.3, 0.4) is 0 Å². The largest absolute Gasteiger partial charge is 0.465 e. The first-order valence-electron chi connectivity index (χ1n) is 6.12. The van der Waals surface area contributed by atoms with E-state index in [4.69, 9.17) is 0 Å². The first-order valence-corrected chi connectivity index (χ1v) is 6.12. The lowest BCUT2D eigenvalue weighted by Gasteiger charge is -2.24. The van der Waals surface area contributed by atoms with Crippen LogP contribution in [-0.4, -0.2) is 18.2 Å². The quantitative estimate of drug-likeness (QED) is 0.875. The number of methoxy groups -OCH3 is 1. The van der Waals surface area contributed by atoms with Gasteiger partial charge in [0, 0.05) is 0 Å². The summed E-state index contributed by atoms with van der Waals surface area (Å²) in [4.78, 5) is 11.4. The van der Waals surface area contributed by atoms with Gasteiger partial charge in [-0.25, -0.2) is 9.18 Å². The van der Waals surface area contributed by atoms with E-state index in [-0.39, 0.29) is 5.82 Å². The van der Waals surface area contributed by atoms with Gasteiger partial charge < -0.3 is 9.84 Å². The molecule has 4 heteroatoms. The first kappa shape index (κ1) is 14.2. The van der Waals surface area contributed by atoms with Gasteiger partial charge in [-0.15, -0.1) is 0 Å². The number of halogens is 1. The van der Waals surface area contributed by atoms with Gasteiger partial charge in [-0.05, 0) is 42.3 Å². The number of ether oxygens (including phenoxy) is 1. The highest BCUT2D eigenvalue weighted by molar-refractivity contribution is 5.89. The minimum absolute atomic E-state index is 0.356. The van der Waals surface area contributed by atoms with Gasteiger partial charge in [0.2, 0.25) is 0 Å². The maximum absolute atomic E-state index is 12.9. The van der Waals surface area contributed by atoms with Crippen molar-refractivity contribution in [2.24, 2.45) is 0 Å². The second kappa shape index (κ2) is 5.43. The normalized spacial score (nSPS) is 13.6. The highest BCUT2D eigenvalue weighted by Gasteiger charge is 2.25. The lowest BCUT2D eigenvalue weighted by molar-refractivity contribution is 0.0600. The molecule has 1 unspecified atom stereocenters. The third-order valence-electron chi connectivity index (χ3n) is 3.27. The summed E-state index contributed by atoms with van der Waals surface area (Å²) in [7, 11) is 1.31. The molecule has 0 aromatic heterocycles. The fourth-order valence-corrected chi connectivity index (χ4v) is 1.99. The van der Waals surface area contributed by atoms with Crippen LogP contribution in [0.1, 0.15) is 28.4 Å². The summed E-state index contributed by atoms with van der Waals surface area (Å²) in [6.45, 7) is 1.62. The van der Waals surface area contributed by atoms with Gasteiger partial charge in [-0.1, -0.05) is 24.3 Å². The predicted molar refractivity (Wildman–Crippen MR) is 72.9 cm³/mol. The number of benzene rings is 2. The van der Waals surface area contributed by atoms with Gasteiger partial charge in [0.1, 0.15) is 11.4 Å². The van der Waals surface area contributed by atoms with Crippen LogP contribution in [0.4, 0.5) is 4.39 Å². The van der Waals surface area contributed by atoms with Gasteiger partial charge in [0.25, 0.3) is 0 Å². The van der Waals surface area contributed by atoms with Gasteiger partial charge >= 0.3 is 5.97 Å². The van der Waals surface area contributed by atoms with Crippen molar-refractivity contribution in [1.82, 2.24) is 0 Å². The zero-order chi connectivity index (χ0) is 14.8. The predicted octanol–water partition coefficient (Wildman–Crippen LogP) is 2.87. The number of aliphatic hydroxyl groups is 1. The highest BCUT2D eigenvalue weighted by atomic mass is 19.1. The molecule has 0 saturated carbocycles. The molecular weight excluding hydrogens is 259 g/mol. The van der Waals surface area contributed by atoms with Crippen molar-refractivity contribution < 1.29 is 19.0 Å². The number of carbonyl (C=O) groups is 1. The van der Waals surface area contributed by atoms with Crippen LogP contribution in [0.2, 0.25) is 0 Å². The van der Waals surface area contributed by atoms with Gasteiger partial charge in [0.15, 0.2) is 0 Å². The zero-order valence-corrected chi connectivity index (χ0v) is 11.3. The zero-order valence-electron chi connectivity index (χ0n) is 11.3. The van der Waals surface area contributed by atoms with Crippen molar-refractivity contribution in [3.05, 3.63) is 71.0 Å². The fraction of sp³-hybridized carbons (Fsp3) is 0.188. The Bertz CT molecular complexity index is 601. The Morgan fingerprint density at radius 3 is 1.95 bits per heavy atom. The molecule has 0 aliphatic rings. The Kier molecular flexibility index (Phi) is 3.86. The van der Waals surface area contributed by atoms with Crippen LogP contribution >= 0.6 is 0 Å². The molecular formula is C16H15FO3. The summed E-state index contributed by atoms with van der Waals surface area (Å²) < 4.78 is 17.5. The molecule has 20 heavy (non-hydrogen) atoms. The number of hydrogen-bond donors (Lipinski definition) is 1. The molecule has 104 valence electrons. The Morgan fingerprint density at radius 1 is 1.05 bits per heavy atom. The molecule has 0 amide bonds. The van der Waals surface area contributed by atoms with Crippen LogP contribution < -0.4 is 0 Å². The minimum atomic E-state index is -1.26. The van der Waals surface area contributed by atoms with Crippen molar-refractivity contribution in [1.29, 1.82) is 0 Å². The molecule has 1 atom stereocenters. The van der Waals surface area contributed by atoms with E-state index in [1.54, 1.807) is 31.2 Å². The number of esters is 1. The molecule has 0 radical (unpaired) electrons. The Labute approximate surface area is 116 Å². The monoisotopic (exact) mass is 274 g/mol. The Morgan fingerprint density at radius 2 is 1.50 bits per heavy atom. The van der Waals surface area contributed by atoms with Crippen molar-refractivity contribution in [3.63, 3.8) is 0 Å². The molecule has 0 aliphatic heterocycles.